The molecule has 0 aromatic heterocycles. The minimum Gasteiger partial charge on any atom is -0.382 e. The maximum absolute atomic E-state index is 12.3. The fourth-order valence-electron chi connectivity index (χ4n) is 3.75. The Balaban J connectivity index is 1.84. The van der Waals surface area contributed by atoms with Crippen molar-refractivity contribution in [2.45, 2.75) is 70.3 Å². The molecule has 116 valence electrons. The molecule has 0 unspecified atom stereocenters. The minimum atomic E-state index is -0.598. The standard InChI is InChI=1S/C16H30N2O2/c1-2-20-12-11-15(7-3-4-8-15)13-18-14(19)16(17)9-5-6-10-16/h2-13,17H2,1H3,(H,18,19). The van der Waals surface area contributed by atoms with Gasteiger partial charge < -0.3 is 15.8 Å². The molecule has 4 nitrogen and oxygen atoms in total. The molecule has 2 fully saturated rings. The summed E-state index contributed by atoms with van der Waals surface area (Å²) in [5.74, 6) is 0.0673. The van der Waals surface area contributed by atoms with E-state index in [9.17, 15) is 4.79 Å². The Morgan fingerprint density at radius 1 is 1.15 bits per heavy atom. The highest BCUT2D eigenvalue weighted by Gasteiger charge is 2.39. The molecule has 0 atom stereocenters. The Hall–Kier alpha value is -0.610. The summed E-state index contributed by atoms with van der Waals surface area (Å²) < 4.78 is 5.51. The van der Waals surface area contributed by atoms with Crippen molar-refractivity contribution in [2.75, 3.05) is 19.8 Å². The molecule has 0 spiro atoms. The van der Waals surface area contributed by atoms with Gasteiger partial charge in [0.15, 0.2) is 0 Å². The number of hydrogen-bond donors (Lipinski definition) is 2. The van der Waals surface area contributed by atoms with E-state index < -0.39 is 5.54 Å². The predicted octanol–water partition coefficient (Wildman–Crippen LogP) is 2.36. The van der Waals surface area contributed by atoms with Crippen molar-refractivity contribution in [2.24, 2.45) is 11.1 Å². The fraction of sp³-hybridized carbons (Fsp3) is 0.938. The zero-order chi connectivity index (χ0) is 14.5. The molecule has 0 aliphatic heterocycles. The van der Waals surface area contributed by atoms with Gasteiger partial charge in [-0.05, 0) is 44.4 Å². The van der Waals surface area contributed by atoms with Gasteiger partial charge in [-0.2, -0.15) is 0 Å². The zero-order valence-electron chi connectivity index (χ0n) is 12.9. The molecular formula is C16H30N2O2. The van der Waals surface area contributed by atoms with Gasteiger partial charge in [-0.25, -0.2) is 0 Å². The summed E-state index contributed by atoms with van der Waals surface area (Å²) in [4.78, 5) is 12.3. The van der Waals surface area contributed by atoms with Crippen LogP contribution in [0, 0.1) is 5.41 Å². The molecule has 3 N–H and O–H groups in total. The van der Waals surface area contributed by atoms with Crippen LogP contribution in [0.1, 0.15) is 64.7 Å². The number of rotatable bonds is 7. The molecule has 0 aromatic carbocycles. The largest absolute Gasteiger partial charge is 0.382 e. The van der Waals surface area contributed by atoms with Crippen LogP contribution in [0.25, 0.3) is 0 Å². The van der Waals surface area contributed by atoms with Gasteiger partial charge >= 0.3 is 0 Å². The summed E-state index contributed by atoms with van der Waals surface area (Å²) in [5, 5.41) is 3.16. The van der Waals surface area contributed by atoms with Crippen LogP contribution in [0.4, 0.5) is 0 Å². The molecule has 2 aliphatic carbocycles. The van der Waals surface area contributed by atoms with E-state index in [0.717, 1.165) is 51.9 Å². The average molecular weight is 282 g/mol. The summed E-state index contributed by atoms with van der Waals surface area (Å²) in [5.41, 5.74) is 5.87. The second-order valence-electron chi connectivity index (χ2n) is 6.70. The van der Waals surface area contributed by atoms with Crippen LogP contribution < -0.4 is 11.1 Å². The molecule has 2 aliphatic rings. The van der Waals surface area contributed by atoms with E-state index >= 15 is 0 Å². The molecule has 0 bridgehead atoms. The highest BCUT2D eigenvalue weighted by molar-refractivity contribution is 5.86. The third kappa shape index (κ3) is 3.73. The Morgan fingerprint density at radius 2 is 1.75 bits per heavy atom. The van der Waals surface area contributed by atoms with Gasteiger partial charge in [0.05, 0.1) is 5.54 Å². The van der Waals surface area contributed by atoms with Crippen LogP contribution in [0.3, 0.4) is 0 Å². The van der Waals surface area contributed by atoms with Gasteiger partial charge in [0.25, 0.3) is 0 Å². The van der Waals surface area contributed by atoms with E-state index in [2.05, 4.69) is 5.32 Å². The van der Waals surface area contributed by atoms with Crippen LogP contribution in [0.2, 0.25) is 0 Å². The van der Waals surface area contributed by atoms with Gasteiger partial charge in [-0.15, -0.1) is 0 Å². The van der Waals surface area contributed by atoms with Crippen molar-refractivity contribution in [3.05, 3.63) is 0 Å². The molecule has 0 aromatic rings. The minimum absolute atomic E-state index is 0.0673. The molecule has 1 amide bonds. The Labute approximate surface area is 122 Å². The van der Waals surface area contributed by atoms with Crippen LogP contribution >= 0.6 is 0 Å². The maximum atomic E-state index is 12.3. The highest BCUT2D eigenvalue weighted by atomic mass is 16.5. The maximum Gasteiger partial charge on any atom is 0.240 e. The van der Waals surface area contributed by atoms with Crippen molar-refractivity contribution in [1.82, 2.24) is 5.32 Å². The fourth-order valence-corrected chi connectivity index (χ4v) is 3.75. The zero-order valence-corrected chi connectivity index (χ0v) is 12.9. The number of carbonyl (C=O) groups is 1. The second-order valence-corrected chi connectivity index (χ2v) is 6.70. The Bertz CT molecular complexity index is 318. The SMILES string of the molecule is CCOCCC1(CNC(=O)C2(N)CCCC2)CCCC1. The van der Waals surface area contributed by atoms with Crippen molar-refractivity contribution in [3.63, 3.8) is 0 Å². The monoisotopic (exact) mass is 282 g/mol. The van der Waals surface area contributed by atoms with E-state index in [-0.39, 0.29) is 11.3 Å². The van der Waals surface area contributed by atoms with Gasteiger partial charge in [0, 0.05) is 19.8 Å². The second kappa shape index (κ2) is 6.90. The first-order valence-electron chi connectivity index (χ1n) is 8.25. The molecule has 0 heterocycles. The third-order valence-corrected chi connectivity index (χ3v) is 5.22. The van der Waals surface area contributed by atoms with Crippen molar-refractivity contribution in [3.8, 4) is 0 Å². The summed E-state index contributed by atoms with van der Waals surface area (Å²) in [6.45, 7) is 4.38. The predicted molar refractivity (Wildman–Crippen MR) is 80.4 cm³/mol. The van der Waals surface area contributed by atoms with Gasteiger partial charge in [-0.3, -0.25) is 4.79 Å². The van der Waals surface area contributed by atoms with Gasteiger partial charge in [-0.1, -0.05) is 25.7 Å². The molecule has 0 saturated heterocycles. The molecular weight excluding hydrogens is 252 g/mol. The average Bonchev–Trinajstić information content (AvgIpc) is 3.07. The lowest BCUT2D eigenvalue weighted by Crippen LogP contribution is -2.53. The highest BCUT2D eigenvalue weighted by Crippen LogP contribution is 2.40. The normalized spacial score (nSPS) is 23.9. The number of nitrogens with one attached hydrogen (secondary N) is 1. The molecule has 2 rings (SSSR count). The Kier molecular flexibility index (Phi) is 5.44. The lowest BCUT2D eigenvalue weighted by molar-refractivity contribution is -0.126. The lowest BCUT2D eigenvalue weighted by Gasteiger charge is -2.31. The number of nitrogens with two attached hydrogens (primary N) is 1. The molecule has 20 heavy (non-hydrogen) atoms. The summed E-state index contributed by atoms with van der Waals surface area (Å²) >= 11 is 0. The lowest BCUT2D eigenvalue weighted by atomic mass is 9.82. The van der Waals surface area contributed by atoms with Crippen molar-refractivity contribution < 1.29 is 9.53 Å². The summed E-state index contributed by atoms with van der Waals surface area (Å²) in [7, 11) is 0. The van der Waals surface area contributed by atoms with Crippen LogP contribution in [-0.4, -0.2) is 31.2 Å². The van der Waals surface area contributed by atoms with Gasteiger partial charge in [0.1, 0.15) is 0 Å². The number of amides is 1. The first-order valence-corrected chi connectivity index (χ1v) is 8.25. The van der Waals surface area contributed by atoms with E-state index in [1.54, 1.807) is 0 Å². The van der Waals surface area contributed by atoms with Crippen molar-refractivity contribution in [1.29, 1.82) is 0 Å². The summed E-state index contributed by atoms with van der Waals surface area (Å²) in [6, 6.07) is 0. The van der Waals surface area contributed by atoms with E-state index in [0.29, 0.717) is 0 Å². The number of hydrogen-bond acceptors (Lipinski definition) is 3. The van der Waals surface area contributed by atoms with Crippen LogP contribution in [0.15, 0.2) is 0 Å². The van der Waals surface area contributed by atoms with Gasteiger partial charge in [0.2, 0.25) is 5.91 Å². The van der Waals surface area contributed by atoms with Crippen LogP contribution in [0.5, 0.6) is 0 Å². The Morgan fingerprint density at radius 3 is 2.35 bits per heavy atom. The van der Waals surface area contributed by atoms with E-state index in [1.807, 2.05) is 6.92 Å². The molecule has 0 radical (unpaired) electrons. The summed E-state index contributed by atoms with van der Waals surface area (Å²) in [6.07, 6.45) is 9.86. The van der Waals surface area contributed by atoms with Crippen molar-refractivity contribution >= 4 is 5.91 Å². The first-order chi connectivity index (χ1) is 9.60. The number of carbonyl (C=O) groups excluding carboxylic acids is 1. The quantitative estimate of drug-likeness (QED) is 0.705. The van der Waals surface area contributed by atoms with E-state index in [4.69, 9.17) is 10.5 Å². The topological polar surface area (TPSA) is 64.3 Å². The first kappa shape index (κ1) is 15.8. The van der Waals surface area contributed by atoms with E-state index in [1.165, 1.54) is 25.7 Å². The van der Waals surface area contributed by atoms with Crippen LogP contribution in [-0.2, 0) is 9.53 Å². The third-order valence-electron chi connectivity index (χ3n) is 5.22. The molecule has 4 heteroatoms. The number of ether oxygens (including phenoxy) is 1. The smallest absolute Gasteiger partial charge is 0.240 e. The molecule has 2 saturated carbocycles.